The lowest BCUT2D eigenvalue weighted by atomic mass is 10.0. The Balaban J connectivity index is 1.71. The van der Waals surface area contributed by atoms with Crippen molar-refractivity contribution in [1.82, 2.24) is 10.3 Å². The standard InChI is InChI=1S/C18H22N2/c1-13(15-8-10-19-11-9-15)20-14(2)17-7-6-16-4-3-5-18(16)12-17/h6-14,20H,3-5H2,1-2H3/t13-,14?/m0/s1. The maximum Gasteiger partial charge on any atom is 0.0298 e. The monoisotopic (exact) mass is 266 g/mol. The van der Waals surface area contributed by atoms with E-state index in [1.54, 1.807) is 11.1 Å². The van der Waals surface area contributed by atoms with Crippen LogP contribution in [0.5, 0.6) is 0 Å². The van der Waals surface area contributed by atoms with Crippen molar-refractivity contribution < 1.29 is 0 Å². The largest absolute Gasteiger partial charge is 0.304 e. The third-order valence-corrected chi connectivity index (χ3v) is 4.33. The minimum atomic E-state index is 0.334. The third-order valence-electron chi connectivity index (χ3n) is 4.33. The van der Waals surface area contributed by atoms with Gasteiger partial charge in [0.1, 0.15) is 0 Å². The van der Waals surface area contributed by atoms with Gasteiger partial charge in [-0.25, -0.2) is 0 Å². The van der Waals surface area contributed by atoms with E-state index < -0.39 is 0 Å². The van der Waals surface area contributed by atoms with Crippen LogP contribution in [0.4, 0.5) is 0 Å². The number of benzene rings is 1. The maximum absolute atomic E-state index is 4.08. The number of nitrogens with one attached hydrogen (secondary N) is 1. The van der Waals surface area contributed by atoms with Crippen molar-refractivity contribution in [2.45, 2.75) is 45.2 Å². The lowest BCUT2D eigenvalue weighted by molar-refractivity contribution is 0.494. The van der Waals surface area contributed by atoms with E-state index in [2.05, 4.69) is 54.5 Å². The molecule has 1 aliphatic carbocycles. The zero-order valence-electron chi connectivity index (χ0n) is 12.3. The van der Waals surface area contributed by atoms with Gasteiger partial charge >= 0.3 is 0 Å². The number of pyridine rings is 1. The first-order chi connectivity index (χ1) is 9.74. The summed E-state index contributed by atoms with van der Waals surface area (Å²) in [5, 5.41) is 3.68. The van der Waals surface area contributed by atoms with Gasteiger partial charge in [0.2, 0.25) is 0 Å². The van der Waals surface area contributed by atoms with Crippen LogP contribution in [0.3, 0.4) is 0 Å². The minimum absolute atomic E-state index is 0.334. The summed E-state index contributed by atoms with van der Waals surface area (Å²) in [5.74, 6) is 0. The molecule has 1 aromatic heterocycles. The van der Waals surface area contributed by atoms with Crippen molar-refractivity contribution in [3.63, 3.8) is 0 Å². The number of hydrogen-bond donors (Lipinski definition) is 1. The molecule has 2 heteroatoms. The molecule has 1 aromatic carbocycles. The van der Waals surface area contributed by atoms with Crippen LogP contribution in [0.25, 0.3) is 0 Å². The predicted octanol–water partition coefficient (Wildman–Crippen LogP) is 3.98. The van der Waals surface area contributed by atoms with Crippen molar-refractivity contribution in [2.24, 2.45) is 0 Å². The summed E-state index contributed by atoms with van der Waals surface area (Å²) in [7, 11) is 0. The first kappa shape index (κ1) is 13.3. The van der Waals surface area contributed by atoms with Crippen LogP contribution in [-0.4, -0.2) is 4.98 Å². The second-order valence-corrected chi connectivity index (χ2v) is 5.77. The number of aryl methyl sites for hydroxylation is 2. The molecule has 0 aliphatic heterocycles. The predicted molar refractivity (Wildman–Crippen MR) is 82.7 cm³/mol. The SMILES string of the molecule is CC(N[C@@H](C)c1ccncc1)c1ccc2c(c1)CCC2. The molecule has 1 aliphatic rings. The third kappa shape index (κ3) is 2.75. The second-order valence-electron chi connectivity index (χ2n) is 5.77. The lowest BCUT2D eigenvalue weighted by Gasteiger charge is -2.21. The summed E-state index contributed by atoms with van der Waals surface area (Å²) >= 11 is 0. The Morgan fingerprint density at radius 2 is 1.60 bits per heavy atom. The zero-order valence-corrected chi connectivity index (χ0v) is 12.3. The van der Waals surface area contributed by atoms with E-state index in [1.165, 1.54) is 30.4 Å². The van der Waals surface area contributed by atoms with Crippen molar-refractivity contribution in [2.75, 3.05) is 0 Å². The van der Waals surface area contributed by atoms with Crippen LogP contribution in [0, 0.1) is 0 Å². The van der Waals surface area contributed by atoms with Gasteiger partial charge in [-0.2, -0.15) is 0 Å². The summed E-state index contributed by atoms with van der Waals surface area (Å²) in [6.07, 6.45) is 7.52. The Bertz CT molecular complexity index is 577. The quantitative estimate of drug-likeness (QED) is 0.905. The Morgan fingerprint density at radius 3 is 2.40 bits per heavy atom. The summed E-state index contributed by atoms with van der Waals surface area (Å²) in [6, 6.07) is 11.8. The van der Waals surface area contributed by atoms with E-state index in [0.717, 1.165) is 0 Å². The minimum Gasteiger partial charge on any atom is -0.304 e. The van der Waals surface area contributed by atoms with E-state index >= 15 is 0 Å². The van der Waals surface area contributed by atoms with E-state index in [9.17, 15) is 0 Å². The first-order valence-electron chi connectivity index (χ1n) is 7.51. The molecule has 0 amide bonds. The molecule has 20 heavy (non-hydrogen) atoms. The molecule has 0 spiro atoms. The zero-order chi connectivity index (χ0) is 13.9. The molecule has 1 heterocycles. The van der Waals surface area contributed by atoms with Crippen molar-refractivity contribution >= 4 is 0 Å². The normalized spacial score (nSPS) is 16.7. The Labute approximate surface area is 121 Å². The highest BCUT2D eigenvalue weighted by molar-refractivity contribution is 5.36. The molecule has 0 fully saturated rings. The van der Waals surface area contributed by atoms with Gasteiger partial charge < -0.3 is 5.32 Å². The summed E-state index contributed by atoms with van der Waals surface area (Å²) in [5.41, 5.74) is 5.77. The van der Waals surface area contributed by atoms with Crippen molar-refractivity contribution in [3.05, 3.63) is 65.0 Å². The average molecular weight is 266 g/mol. The Kier molecular flexibility index (Phi) is 3.83. The molecule has 104 valence electrons. The van der Waals surface area contributed by atoms with Crippen LogP contribution in [0.2, 0.25) is 0 Å². The average Bonchev–Trinajstić information content (AvgIpc) is 2.95. The molecule has 3 rings (SSSR count). The second kappa shape index (κ2) is 5.76. The van der Waals surface area contributed by atoms with Crippen LogP contribution in [0.15, 0.2) is 42.7 Å². The molecular formula is C18H22N2. The molecule has 0 bridgehead atoms. The number of hydrogen-bond acceptors (Lipinski definition) is 2. The molecule has 0 saturated heterocycles. The first-order valence-corrected chi connectivity index (χ1v) is 7.51. The molecule has 0 radical (unpaired) electrons. The van der Waals surface area contributed by atoms with Gasteiger partial charge in [0.15, 0.2) is 0 Å². The summed E-state index contributed by atoms with van der Waals surface area (Å²) in [4.78, 5) is 4.08. The van der Waals surface area contributed by atoms with E-state index in [1.807, 2.05) is 12.4 Å². The van der Waals surface area contributed by atoms with Gasteiger partial charge in [0.05, 0.1) is 0 Å². The Morgan fingerprint density at radius 1 is 0.900 bits per heavy atom. The van der Waals surface area contributed by atoms with Gasteiger partial charge in [0, 0.05) is 24.5 Å². The molecule has 1 N–H and O–H groups in total. The summed E-state index contributed by atoms with van der Waals surface area (Å²) < 4.78 is 0. The number of fused-ring (bicyclic) bond motifs is 1. The highest BCUT2D eigenvalue weighted by atomic mass is 14.9. The van der Waals surface area contributed by atoms with Gasteiger partial charge in [-0.05, 0) is 67.5 Å². The number of rotatable bonds is 4. The van der Waals surface area contributed by atoms with E-state index in [4.69, 9.17) is 0 Å². The number of nitrogens with zero attached hydrogens (tertiary/aromatic N) is 1. The highest BCUT2D eigenvalue weighted by Gasteiger charge is 2.15. The van der Waals surface area contributed by atoms with Crippen LogP contribution < -0.4 is 5.32 Å². The highest BCUT2D eigenvalue weighted by Crippen LogP contribution is 2.26. The van der Waals surface area contributed by atoms with Gasteiger partial charge in [-0.3, -0.25) is 4.98 Å². The molecule has 2 atom stereocenters. The van der Waals surface area contributed by atoms with Crippen LogP contribution in [0.1, 0.15) is 54.6 Å². The summed E-state index contributed by atoms with van der Waals surface area (Å²) in [6.45, 7) is 4.45. The fraction of sp³-hybridized carbons (Fsp3) is 0.389. The molecular weight excluding hydrogens is 244 g/mol. The van der Waals surface area contributed by atoms with E-state index in [0.29, 0.717) is 12.1 Å². The van der Waals surface area contributed by atoms with Crippen LogP contribution >= 0.6 is 0 Å². The lowest BCUT2D eigenvalue weighted by Crippen LogP contribution is -2.22. The fourth-order valence-electron chi connectivity index (χ4n) is 3.08. The van der Waals surface area contributed by atoms with E-state index in [-0.39, 0.29) is 0 Å². The maximum atomic E-state index is 4.08. The number of aromatic nitrogens is 1. The molecule has 2 nitrogen and oxygen atoms in total. The van der Waals surface area contributed by atoms with Gasteiger partial charge in [-0.15, -0.1) is 0 Å². The Hall–Kier alpha value is -1.67. The van der Waals surface area contributed by atoms with Gasteiger partial charge in [0.25, 0.3) is 0 Å². The van der Waals surface area contributed by atoms with Crippen molar-refractivity contribution in [1.29, 1.82) is 0 Å². The van der Waals surface area contributed by atoms with Crippen LogP contribution in [-0.2, 0) is 12.8 Å². The van der Waals surface area contributed by atoms with Gasteiger partial charge in [-0.1, -0.05) is 18.2 Å². The smallest absolute Gasteiger partial charge is 0.0298 e. The topological polar surface area (TPSA) is 24.9 Å². The molecule has 1 unspecified atom stereocenters. The molecule has 0 saturated carbocycles. The van der Waals surface area contributed by atoms with Crippen molar-refractivity contribution in [3.8, 4) is 0 Å². The molecule has 2 aromatic rings. The fourth-order valence-corrected chi connectivity index (χ4v) is 3.08.